The van der Waals surface area contributed by atoms with Crippen molar-refractivity contribution in [3.8, 4) is 0 Å². The molecule has 0 aliphatic carbocycles. The van der Waals surface area contributed by atoms with Gasteiger partial charge in [-0.25, -0.2) is 0 Å². The number of amidine groups is 1. The minimum absolute atomic E-state index is 0.952. The molecule has 1 aliphatic heterocycles. The molecule has 0 spiro atoms. The first-order chi connectivity index (χ1) is 5.79. The van der Waals surface area contributed by atoms with E-state index in [-0.39, 0.29) is 0 Å². The Hall–Kier alpha value is -1.05. The summed E-state index contributed by atoms with van der Waals surface area (Å²) in [5.74, 6) is 1.37. The Labute approximate surface area is 74.5 Å². The van der Waals surface area contributed by atoms with Gasteiger partial charge in [0, 0.05) is 0 Å². The Morgan fingerprint density at radius 3 is 2.83 bits per heavy atom. The van der Waals surface area contributed by atoms with Crippen LogP contribution in [0.4, 0.5) is 0 Å². The van der Waals surface area contributed by atoms with Crippen LogP contribution in [0.25, 0.3) is 0 Å². The molecule has 0 saturated carbocycles. The Morgan fingerprint density at radius 1 is 1.50 bits per heavy atom. The Kier molecular flexibility index (Phi) is 3.09. The highest BCUT2D eigenvalue weighted by molar-refractivity contribution is 5.79. The smallest absolute Gasteiger partial charge is 0.250 e. The highest BCUT2D eigenvalue weighted by Gasteiger charge is 2.25. The van der Waals surface area contributed by atoms with Crippen molar-refractivity contribution in [3.05, 3.63) is 25.3 Å². The molecule has 0 bridgehead atoms. The van der Waals surface area contributed by atoms with Crippen molar-refractivity contribution in [1.29, 1.82) is 0 Å². The highest BCUT2D eigenvalue weighted by Crippen LogP contribution is 2.03. The topological polar surface area (TPSA) is 6.25 Å². The standard InChI is InChI=1S/C10H17N2/c1-4-6-10-11(3)8-9-12(10)7-5-2/h4-5H,1-2,6-9H2,3H3/q+1. The minimum Gasteiger partial charge on any atom is -0.264 e. The van der Waals surface area contributed by atoms with E-state index in [0.29, 0.717) is 0 Å². The van der Waals surface area contributed by atoms with Crippen molar-refractivity contribution in [2.45, 2.75) is 6.42 Å². The van der Waals surface area contributed by atoms with Gasteiger partial charge in [-0.15, -0.1) is 6.58 Å². The molecular weight excluding hydrogens is 148 g/mol. The molecule has 1 heterocycles. The van der Waals surface area contributed by atoms with Gasteiger partial charge in [0.25, 0.3) is 5.84 Å². The molecule has 1 aliphatic rings. The maximum absolute atomic E-state index is 3.75. The number of hydrogen-bond acceptors (Lipinski definition) is 1. The zero-order valence-electron chi connectivity index (χ0n) is 7.79. The molecule has 0 amide bonds. The summed E-state index contributed by atoms with van der Waals surface area (Å²) in [5, 5.41) is 0. The van der Waals surface area contributed by atoms with E-state index in [0.717, 1.165) is 26.1 Å². The van der Waals surface area contributed by atoms with Gasteiger partial charge in [-0.05, 0) is 0 Å². The lowest BCUT2D eigenvalue weighted by Crippen LogP contribution is -2.28. The van der Waals surface area contributed by atoms with Crippen molar-refractivity contribution >= 4 is 5.84 Å². The van der Waals surface area contributed by atoms with Crippen molar-refractivity contribution in [1.82, 2.24) is 4.90 Å². The molecule has 2 nitrogen and oxygen atoms in total. The Morgan fingerprint density at radius 2 is 2.25 bits per heavy atom. The molecule has 12 heavy (non-hydrogen) atoms. The van der Waals surface area contributed by atoms with E-state index in [1.807, 2.05) is 12.2 Å². The third-order valence-electron chi connectivity index (χ3n) is 2.19. The molecule has 0 N–H and O–H groups in total. The van der Waals surface area contributed by atoms with Crippen molar-refractivity contribution in [2.75, 3.05) is 26.7 Å². The third kappa shape index (κ3) is 1.76. The second-order valence-electron chi connectivity index (χ2n) is 3.07. The first kappa shape index (κ1) is 9.04. The van der Waals surface area contributed by atoms with E-state index in [9.17, 15) is 0 Å². The van der Waals surface area contributed by atoms with E-state index in [4.69, 9.17) is 0 Å². The summed E-state index contributed by atoms with van der Waals surface area (Å²) in [7, 11) is 2.13. The predicted octanol–water partition coefficient (Wildman–Crippen LogP) is 1.10. The molecule has 0 unspecified atom stereocenters. The fourth-order valence-electron chi connectivity index (χ4n) is 1.54. The number of hydrogen-bond donors (Lipinski definition) is 0. The molecule has 0 aromatic rings. The quantitative estimate of drug-likeness (QED) is 0.447. The van der Waals surface area contributed by atoms with Crippen LogP contribution in [-0.4, -0.2) is 42.0 Å². The predicted molar refractivity (Wildman–Crippen MR) is 52.6 cm³/mol. The van der Waals surface area contributed by atoms with Crippen LogP contribution in [0, 0.1) is 0 Å². The van der Waals surface area contributed by atoms with Gasteiger partial charge in [0.1, 0.15) is 19.6 Å². The van der Waals surface area contributed by atoms with E-state index >= 15 is 0 Å². The Bertz CT molecular complexity index is 216. The van der Waals surface area contributed by atoms with Crippen LogP contribution in [0.3, 0.4) is 0 Å². The maximum Gasteiger partial charge on any atom is 0.250 e. The summed E-state index contributed by atoms with van der Waals surface area (Å²) < 4.78 is 2.28. The van der Waals surface area contributed by atoms with E-state index in [1.54, 1.807) is 0 Å². The zero-order chi connectivity index (χ0) is 8.97. The third-order valence-corrected chi connectivity index (χ3v) is 2.19. The van der Waals surface area contributed by atoms with Crippen LogP contribution in [-0.2, 0) is 0 Å². The van der Waals surface area contributed by atoms with Crippen LogP contribution in [0.15, 0.2) is 25.3 Å². The number of likely N-dealkylation sites (N-methyl/N-ethyl adjacent to an activating group) is 1. The van der Waals surface area contributed by atoms with Gasteiger partial charge in [0.2, 0.25) is 0 Å². The summed E-state index contributed by atoms with van der Waals surface area (Å²) >= 11 is 0. The summed E-state index contributed by atoms with van der Waals surface area (Å²) in [6.07, 6.45) is 4.86. The molecule has 0 radical (unpaired) electrons. The average Bonchev–Trinajstić information content (AvgIpc) is 2.37. The molecular formula is C10H17N2+. The molecule has 2 heteroatoms. The van der Waals surface area contributed by atoms with Gasteiger partial charge in [0.05, 0.1) is 13.5 Å². The molecule has 0 aromatic heterocycles. The lowest BCUT2D eigenvalue weighted by atomic mass is 10.3. The lowest BCUT2D eigenvalue weighted by molar-refractivity contribution is -0.487. The largest absolute Gasteiger partial charge is 0.264 e. The lowest BCUT2D eigenvalue weighted by Gasteiger charge is -2.08. The van der Waals surface area contributed by atoms with E-state index in [1.165, 1.54) is 5.84 Å². The summed E-state index contributed by atoms with van der Waals surface area (Å²) in [6, 6.07) is 0. The summed E-state index contributed by atoms with van der Waals surface area (Å²) in [6.45, 7) is 10.7. The summed E-state index contributed by atoms with van der Waals surface area (Å²) in [5.41, 5.74) is 0. The van der Waals surface area contributed by atoms with Crippen LogP contribution >= 0.6 is 0 Å². The highest BCUT2D eigenvalue weighted by atomic mass is 15.3. The second kappa shape index (κ2) is 4.10. The first-order valence-electron chi connectivity index (χ1n) is 4.33. The van der Waals surface area contributed by atoms with Crippen LogP contribution in [0.5, 0.6) is 0 Å². The summed E-state index contributed by atoms with van der Waals surface area (Å²) in [4.78, 5) is 2.34. The van der Waals surface area contributed by atoms with E-state index in [2.05, 4.69) is 29.7 Å². The van der Waals surface area contributed by atoms with Gasteiger partial charge in [-0.1, -0.05) is 18.7 Å². The number of nitrogens with zero attached hydrogens (tertiary/aromatic N) is 2. The van der Waals surface area contributed by atoms with Gasteiger partial charge >= 0.3 is 0 Å². The zero-order valence-corrected chi connectivity index (χ0v) is 7.79. The van der Waals surface area contributed by atoms with Gasteiger partial charge in [-0.3, -0.25) is 9.48 Å². The monoisotopic (exact) mass is 165 g/mol. The minimum atomic E-state index is 0.952. The Balaban J connectivity index is 2.66. The normalized spacial score (nSPS) is 16.9. The van der Waals surface area contributed by atoms with Gasteiger partial charge in [0.15, 0.2) is 0 Å². The van der Waals surface area contributed by atoms with Gasteiger partial charge in [-0.2, -0.15) is 0 Å². The van der Waals surface area contributed by atoms with Crippen LogP contribution in [0.1, 0.15) is 6.42 Å². The van der Waals surface area contributed by atoms with Crippen molar-refractivity contribution < 1.29 is 4.58 Å². The molecule has 66 valence electrons. The van der Waals surface area contributed by atoms with Crippen LogP contribution in [0.2, 0.25) is 0 Å². The fourth-order valence-corrected chi connectivity index (χ4v) is 1.54. The van der Waals surface area contributed by atoms with E-state index < -0.39 is 0 Å². The van der Waals surface area contributed by atoms with Gasteiger partial charge < -0.3 is 0 Å². The van der Waals surface area contributed by atoms with Crippen molar-refractivity contribution in [2.24, 2.45) is 0 Å². The molecule has 0 fully saturated rings. The number of rotatable bonds is 4. The molecule has 1 rings (SSSR count). The fraction of sp³-hybridized carbons (Fsp3) is 0.500. The van der Waals surface area contributed by atoms with Crippen molar-refractivity contribution in [3.63, 3.8) is 0 Å². The molecule has 0 atom stereocenters. The maximum atomic E-state index is 3.75. The average molecular weight is 165 g/mol. The SMILES string of the molecule is C=CCC1=[N+](C)CCN1CC=C. The first-order valence-corrected chi connectivity index (χ1v) is 4.33. The second-order valence-corrected chi connectivity index (χ2v) is 3.07. The van der Waals surface area contributed by atoms with Crippen LogP contribution < -0.4 is 0 Å². The molecule has 0 saturated heterocycles. The molecule has 0 aromatic carbocycles.